The molecule has 3 rings (SSSR count). The van der Waals surface area contributed by atoms with Crippen LogP contribution < -0.4 is 5.56 Å². The van der Waals surface area contributed by atoms with Crippen molar-refractivity contribution < 1.29 is 9.53 Å². The molecule has 1 N–H and O–H groups in total. The molecule has 0 unspecified atom stereocenters. The van der Waals surface area contributed by atoms with Crippen LogP contribution in [0.4, 0.5) is 0 Å². The highest BCUT2D eigenvalue weighted by molar-refractivity contribution is 7.09. The van der Waals surface area contributed by atoms with E-state index in [9.17, 15) is 9.59 Å². The maximum Gasteiger partial charge on any atom is 0.306 e. The summed E-state index contributed by atoms with van der Waals surface area (Å²) in [4.78, 5) is 35.0. The third-order valence-electron chi connectivity index (χ3n) is 3.28. The summed E-state index contributed by atoms with van der Waals surface area (Å²) in [7, 11) is 0. The Morgan fingerprint density at radius 2 is 2.13 bits per heavy atom. The van der Waals surface area contributed by atoms with Crippen LogP contribution in [0.5, 0.6) is 0 Å². The minimum atomic E-state index is -0.341. The van der Waals surface area contributed by atoms with E-state index in [-0.39, 0.29) is 24.6 Å². The number of fused-ring (bicyclic) bond motifs is 1. The number of H-pyrrole nitrogens is 1. The molecule has 2 aromatic heterocycles. The minimum absolute atomic E-state index is 0.157. The van der Waals surface area contributed by atoms with Crippen molar-refractivity contribution in [1.29, 1.82) is 0 Å². The van der Waals surface area contributed by atoms with Gasteiger partial charge in [-0.15, -0.1) is 11.3 Å². The average Bonchev–Trinajstić information content (AvgIpc) is 2.96. The van der Waals surface area contributed by atoms with Gasteiger partial charge in [0.1, 0.15) is 12.4 Å². The number of benzene rings is 1. The molecular formula is C16H15N3O3S. The Labute approximate surface area is 136 Å². The van der Waals surface area contributed by atoms with E-state index in [4.69, 9.17) is 4.74 Å². The monoisotopic (exact) mass is 329 g/mol. The van der Waals surface area contributed by atoms with E-state index >= 15 is 0 Å². The molecule has 0 saturated carbocycles. The smallest absolute Gasteiger partial charge is 0.306 e. The van der Waals surface area contributed by atoms with Crippen molar-refractivity contribution in [3.8, 4) is 0 Å². The van der Waals surface area contributed by atoms with Crippen LogP contribution in [-0.2, 0) is 22.6 Å². The Morgan fingerprint density at radius 1 is 1.30 bits per heavy atom. The summed E-state index contributed by atoms with van der Waals surface area (Å²) in [6, 6.07) is 7.10. The Hall–Kier alpha value is -2.54. The van der Waals surface area contributed by atoms with E-state index < -0.39 is 0 Å². The Bertz CT molecular complexity index is 901. The molecule has 0 amide bonds. The van der Waals surface area contributed by atoms with Gasteiger partial charge in [-0.1, -0.05) is 12.1 Å². The van der Waals surface area contributed by atoms with E-state index in [1.165, 1.54) is 11.3 Å². The number of para-hydroxylation sites is 1. The van der Waals surface area contributed by atoms with Gasteiger partial charge in [-0.2, -0.15) is 0 Å². The van der Waals surface area contributed by atoms with E-state index in [1.54, 1.807) is 18.2 Å². The molecule has 0 atom stereocenters. The Morgan fingerprint density at radius 3 is 2.91 bits per heavy atom. The van der Waals surface area contributed by atoms with Gasteiger partial charge in [-0.3, -0.25) is 9.59 Å². The zero-order valence-electron chi connectivity index (χ0n) is 12.5. The average molecular weight is 329 g/mol. The highest BCUT2D eigenvalue weighted by Crippen LogP contribution is 2.10. The molecule has 0 spiro atoms. The highest BCUT2D eigenvalue weighted by Gasteiger charge is 2.08. The molecular weight excluding hydrogens is 314 g/mol. The number of ether oxygens (including phenoxy) is 1. The number of thiazole rings is 1. The number of carbonyl (C=O) groups excluding carboxylic acids is 1. The summed E-state index contributed by atoms with van der Waals surface area (Å²) in [6.45, 7) is 2.07. The lowest BCUT2D eigenvalue weighted by Gasteiger charge is -2.04. The quantitative estimate of drug-likeness (QED) is 0.726. The van der Waals surface area contributed by atoms with Crippen molar-refractivity contribution in [2.24, 2.45) is 0 Å². The van der Waals surface area contributed by atoms with Crippen LogP contribution in [0.25, 0.3) is 10.9 Å². The summed E-state index contributed by atoms with van der Waals surface area (Å²) in [5, 5.41) is 3.34. The van der Waals surface area contributed by atoms with Gasteiger partial charge in [-0.25, -0.2) is 9.97 Å². The molecule has 0 saturated heterocycles. The highest BCUT2D eigenvalue weighted by atomic mass is 32.1. The number of aromatic amines is 1. The zero-order chi connectivity index (χ0) is 16.2. The van der Waals surface area contributed by atoms with Crippen LogP contribution in [0.2, 0.25) is 0 Å². The van der Waals surface area contributed by atoms with Gasteiger partial charge in [0.05, 0.1) is 28.0 Å². The standard InChI is InChI=1S/C16H15N3O3S/c1-10-17-11(9-23-10)8-22-15(20)7-6-14-18-13-5-3-2-4-12(13)16(21)19-14/h2-5,9H,6-8H2,1H3,(H,18,19,21). The molecule has 3 aromatic rings. The molecule has 7 heteroatoms. The number of nitrogens with zero attached hydrogens (tertiary/aromatic N) is 2. The number of nitrogens with one attached hydrogen (secondary N) is 1. The molecule has 0 radical (unpaired) electrons. The number of aryl methyl sites for hydroxylation is 2. The molecule has 0 aliphatic heterocycles. The molecule has 0 bridgehead atoms. The Balaban J connectivity index is 1.59. The van der Waals surface area contributed by atoms with Crippen LogP contribution in [0.1, 0.15) is 22.9 Å². The van der Waals surface area contributed by atoms with Gasteiger partial charge in [-0.05, 0) is 19.1 Å². The number of esters is 1. The number of aromatic nitrogens is 3. The Kier molecular flexibility index (Phi) is 4.47. The number of rotatable bonds is 5. The third-order valence-corrected chi connectivity index (χ3v) is 4.10. The molecule has 0 aliphatic carbocycles. The first-order chi connectivity index (χ1) is 11.1. The maximum absolute atomic E-state index is 11.9. The predicted molar refractivity (Wildman–Crippen MR) is 87.3 cm³/mol. The molecule has 6 nitrogen and oxygen atoms in total. The summed E-state index contributed by atoms with van der Waals surface area (Å²) in [5.41, 5.74) is 1.17. The van der Waals surface area contributed by atoms with Crippen molar-refractivity contribution in [1.82, 2.24) is 15.0 Å². The molecule has 2 heterocycles. The molecule has 23 heavy (non-hydrogen) atoms. The van der Waals surface area contributed by atoms with Crippen LogP contribution in [0.15, 0.2) is 34.4 Å². The molecule has 0 aliphatic rings. The third kappa shape index (κ3) is 3.81. The van der Waals surface area contributed by atoms with Gasteiger partial charge < -0.3 is 9.72 Å². The number of hydrogen-bond donors (Lipinski definition) is 1. The SMILES string of the molecule is Cc1nc(COC(=O)CCc2nc3ccccc3c(=O)[nH]2)cs1. The van der Waals surface area contributed by atoms with E-state index in [0.29, 0.717) is 23.1 Å². The summed E-state index contributed by atoms with van der Waals surface area (Å²) in [5.74, 6) is 0.140. The molecule has 118 valence electrons. The second-order valence-corrected chi connectivity index (χ2v) is 6.11. The number of carbonyl (C=O) groups is 1. The van der Waals surface area contributed by atoms with Crippen molar-refractivity contribution in [3.63, 3.8) is 0 Å². The fraction of sp³-hybridized carbons (Fsp3) is 0.250. The maximum atomic E-state index is 11.9. The van der Waals surface area contributed by atoms with Crippen LogP contribution in [0.3, 0.4) is 0 Å². The molecule has 1 aromatic carbocycles. The van der Waals surface area contributed by atoms with Crippen LogP contribution in [-0.4, -0.2) is 20.9 Å². The van der Waals surface area contributed by atoms with Crippen molar-refractivity contribution in [3.05, 3.63) is 56.5 Å². The topological polar surface area (TPSA) is 84.9 Å². The zero-order valence-corrected chi connectivity index (χ0v) is 13.4. The first-order valence-electron chi connectivity index (χ1n) is 7.16. The van der Waals surface area contributed by atoms with E-state index in [1.807, 2.05) is 18.4 Å². The summed E-state index contributed by atoms with van der Waals surface area (Å²) >= 11 is 1.52. The fourth-order valence-corrected chi connectivity index (χ4v) is 2.77. The second kappa shape index (κ2) is 6.70. The molecule has 0 fully saturated rings. The predicted octanol–water partition coefficient (Wildman–Crippen LogP) is 2.36. The lowest BCUT2D eigenvalue weighted by atomic mass is 10.2. The van der Waals surface area contributed by atoms with Gasteiger partial charge in [0.15, 0.2) is 0 Å². The van der Waals surface area contributed by atoms with Crippen molar-refractivity contribution >= 4 is 28.2 Å². The lowest BCUT2D eigenvalue weighted by Crippen LogP contribution is -2.14. The van der Waals surface area contributed by atoms with Gasteiger partial charge in [0.25, 0.3) is 5.56 Å². The fourth-order valence-electron chi connectivity index (χ4n) is 2.17. The summed E-state index contributed by atoms with van der Waals surface area (Å²) < 4.78 is 5.17. The van der Waals surface area contributed by atoms with Crippen molar-refractivity contribution in [2.45, 2.75) is 26.4 Å². The van der Waals surface area contributed by atoms with Crippen molar-refractivity contribution in [2.75, 3.05) is 0 Å². The lowest BCUT2D eigenvalue weighted by molar-refractivity contribution is -0.145. The second-order valence-electron chi connectivity index (χ2n) is 5.05. The first-order valence-corrected chi connectivity index (χ1v) is 8.04. The van der Waals surface area contributed by atoms with E-state index in [2.05, 4.69) is 15.0 Å². The van der Waals surface area contributed by atoms with Crippen LogP contribution >= 0.6 is 11.3 Å². The number of hydrogen-bond acceptors (Lipinski definition) is 6. The van der Waals surface area contributed by atoms with Crippen LogP contribution in [0, 0.1) is 6.92 Å². The van der Waals surface area contributed by atoms with E-state index in [0.717, 1.165) is 10.7 Å². The van der Waals surface area contributed by atoms with Gasteiger partial charge >= 0.3 is 5.97 Å². The minimum Gasteiger partial charge on any atom is -0.459 e. The first kappa shape index (κ1) is 15.4. The normalized spacial score (nSPS) is 10.8. The van der Waals surface area contributed by atoms with Gasteiger partial charge in [0.2, 0.25) is 0 Å². The summed E-state index contributed by atoms with van der Waals surface area (Å²) in [6.07, 6.45) is 0.486. The van der Waals surface area contributed by atoms with Gasteiger partial charge in [0, 0.05) is 11.8 Å². The largest absolute Gasteiger partial charge is 0.459 e.